The molecule has 1 N–H and O–H groups in total. The molecular formula is C10H21NO3S. The van der Waals surface area contributed by atoms with Gasteiger partial charge in [-0.05, 0) is 18.9 Å². The van der Waals surface area contributed by atoms with Crippen molar-refractivity contribution in [2.75, 3.05) is 31.6 Å². The van der Waals surface area contributed by atoms with Crippen LogP contribution < -0.4 is 0 Å². The first-order valence-corrected chi connectivity index (χ1v) is 7.41. The van der Waals surface area contributed by atoms with Crippen LogP contribution in [-0.4, -0.2) is 55.7 Å². The summed E-state index contributed by atoms with van der Waals surface area (Å²) in [5.74, 6) is 0.507. The van der Waals surface area contributed by atoms with Crippen molar-refractivity contribution in [1.82, 2.24) is 4.90 Å². The Kier molecular flexibility index (Phi) is 3.79. The van der Waals surface area contributed by atoms with Crippen molar-refractivity contribution in [3.8, 4) is 0 Å². The number of nitrogens with zero attached hydrogens (tertiary/aromatic N) is 1. The summed E-state index contributed by atoms with van der Waals surface area (Å²) in [5, 5.41) is 9.96. The first-order valence-electron chi connectivity index (χ1n) is 5.35. The van der Waals surface area contributed by atoms with E-state index in [0.717, 1.165) is 6.54 Å². The van der Waals surface area contributed by atoms with Gasteiger partial charge in [-0.1, -0.05) is 13.8 Å². The third kappa shape index (κ3) is 3.74. The fourth-order valence-electron chi connectivity index (χ4n) is 1.80. The van der Waals surface area contributed by atoms with Gasteiger partial charge in [0.15, 0.2) is 0 Å². The number of likely N-dealkylation sites (tertiary alicyclic amines) is 1. The highest BCUT2D eigenvalue weighted by atomic mass is 32.2. The molecule has 0 unspecified atom stereocenters. The van der Waals surface area contributed by atoms with E-state index >= 15 is 0 Å². The van der Waals surface area contributed by atoms with Crippen LogP contribution in [0.25, 0.3) is 0 Å². The Bertz CT molecular complexity index is 305. The van der Waals surface area contributed by atoms with Gasteiger partial charge in [0.25, 0.3) is 0 Å². The Morgan fingerprint density at radius 1 is 1.40 bits per heavy atom. The van der Waals surface area contributed by atoms with Crippen LogP contribution in [-0.2, 0) is 9.84 Å². The van der Waals surface area contributed by atoms with E-state index in [1.165, 1.54) is 6.26 Å². The lowest BCUT2D eigenvalue weighted by molar-refractivity contribution is -0.127. The van der Waals surface area contributed by atoms with Crippen molar-refractivity contribution in [3.05, 3.63) is 0 Å². The van der Waals surface area contributed by atoms with Crippen LogP contribution in [0.2, 0.25) is 0 Å². The summed E-state index contributed by atoms with van der Waals surface area (Å²) < 4.78 is 21.8. The minimum Gasteiger partial charge on any atom is -0.387 e. The summed E-state index contributed by atoms with van der Waals surface area (Å²) in [6.45, 7) is 6.13. The SMILES string of the molecule is CC(C)C1(O)CN(CCCS(C)(=O)=O)C1. The maximum Gasteiger partial charge on any atom is 0.147 e. The van der Waals surface area contributed by atoms with Crippen molar-refractivity contribution in [3.63, 3.8) is 0 Å². The molecule has 1 saturated heterocycles. The first kappa shape index (κ1) is 12.9. The minimum absolute atomic E-state index is 0.240. The maximum atomic E-state index is 10.9. The Hall–Kier alpha value is -0.130. The molecule has 0 bridgehead atoms. The zero-order chi connectivity index (χ0) is 11.7. The molecular weight excluding hydrogens is 214 g/mol. The Morgan fingerprint density at radius 2 is 1.93 bits per heavy atom. The monoisotopic (exact) mass is 235 g/mol. The first-order chi connectivity index (χ1) is 6.73. The van der Waals surface area contributed by atoms with E-state index in [4.69, 9.17) is 0 Å². The molecule has 5 heteroatoms. The van der Waals surface area contributed by atoms with E-state index in [1.54, 1.807) is 0 Å². The van der Waals surface area contributed by atoms with Crippen molar-refractivity contribution < 1.29 is 13.5 Å². The lowest BCUT2D eigenvalue weighted by Crippen LogP contribution is -2.64. The standard InChI is InChI=1S/C10H21NO3S/c1-9(2)10(12)7-11(8-10)5-4-6-15(3,13)14/h9,12H,4-8H2,1-3H3. The van der Waals surface area contributed by atoms with E-state index in [9.17, 15) is 13.5 Å². The highest BCUT2D eigenvalue weighted by molar-refractivity contribution is 7.90. The van der Waals surface area contributed by atoms with E-state index < -0.39 is 15.4 Å². The van der Waals surface area contributed by atoms with Crippen LogP contribution in [0.3, 0.4) is 0 Å². The number of β-amino-alcohol motifs (C(OH)–C–C–N with tert-alkyl or cyclic N) is 1. The molecule has 90 valence electrons. The Morgan fingerprint density at radius 3 is 2.33 bits per heavy atom. The van der Waals surface area contributed by atoms with Crippen molar-refractivity contribution in [2.45, 2.75) is 25.9 Å². The van der Waals surface area contributed by atoms with Gasteiger partial charge in [-0.25, -0.2) is 8.42 Å². The van der Waals surface area contributed by atoms with Gasteiger partial charge in [0, 0.05) is 19.3 Å². The molecule has 1 aliphatic rings. The summed E-state index contributed by atoms with van der Waals surface area (Å²) in [6.07, 6.45) is 1.92. The van der Waals surface area contributed by atoms with Crippen molar-refractivity contribution >= 4 is 9.84 Å². The normalized spacial score (nSPS) is 21.7. The molecule has 0 amide bonds. The van der Waals surface area contributed by atoms with Gasteiger partial charge in [0.1, 0.15) is 9.84 Å². The number of sulfone groups is 1. The largest absolute Gasteiger partial charge is 0.387 e. The van der Waals surface area contributed by atoms with Crippen molar-refractivity contribution in [2.24, 2.45) is 5.92 Å². The molecule has 0 saturated carbocycles. The van der Waals surface area contributed by atoms with E-state index in [-0.39, 0.29) is 11.7 Å². The van der Waals surface area contributed by atoms with E-state index in [2.05, 4.69) is 4.90 Å². The van der Waals surface area contributed by atoms with Crippen LogP contribution in [0.1, 0.15) is 20.3 Å². The second kappa shape index (κ2) is 4.39. The third-order valence-electron chi connectivity index (χ3n) is 3.06. The molecule has 0 aliphatic carbocycles. The third-order valence-corrected chi connectivity index (χ3v) is 4.09. The average Bonchev–Trinajstić information content (AvgIpc) is 1.97. The summed E-state index contributed by atoms with van der Waals surface area (Å²) in [7, 11) is -2.84. The fourth-order valence-corrected chi connectivity index (χ4v) is 2.46. The molecule has 0 aromatic carbocycles. The highest BCUT2D eigenvalue weighted by Gasteiger charge is 2.42. The molecule has 1 fully saturated rings. The molecule has 0 atom stereocenters. The Labute approximate surface area is 92.2 Å². The minimum atomic E-state index is -2.84. The van der Waals surface area contributed by atoms with E-state index in [0.29, 0.717) is 19.5 Å². The average molecular weight is 235 g/mol. The van der Waals surface area contributed by atoms with Crippen LogP contribution >= 0.6 is 0 Å². The summed E-state index contributed by atoms with van der Waals surface area (Å²) in [6, 6.07) is 0. The maximum absolute atomic E-state index is 10.9. The number of aliphatic hydroxyl groups is 1. The molecule has 1 heterocycles. The number of hydrogen-bond donors (Lipinski definition) is 1. The molecule has 0 spiro atoms. The van der Waals surface area contributed by atoms with Crippen LogP contribution in [0, 0.1) is 5.92 Å². The van der Waals surface area contributed by atoms with Gasteiger partial charge >= 0.3 is 0 Å². The fraction of sp³-hybridized carbons (Fsp3) is 1.00. The summed E-state index contributed by atoms with van der Waals surface area (Å²) >= 11 is 0. The molecule has 4 nitrogen and oxygen atoms in total. The van der Waals surface area contributed by atoms with Crippen LogP contribution in [0.5, 0.6) is 0 Å². The summed E-state index contributed by atoms with van der Waals surface area (Å²) in [4.78, 5) is 2.10. The lowest BCUT2D eigenvalue weighted by atomic mass is 9.83. The zero-order valence-electron chi connectivity index (χ0n) is 9.73. The molecule has 1 aliphatic heterocycles. The quantitative estimate of drug-likeness (QED) is 0.735. The lowest BCUT2D eigenvalue weighted by Gasteiger charge is -2.49. The Balaban J connectivity index is 2.19. The van der Waals surface area contributed by atoms with Gasteiger partial charge in [0.05, 0.1) is 11.4 Å². The molecule has 0 aromatic heterocycles. The number of hydrogen-bond acceptors (Lipinski definition) is 4. The predicted octanol–water partition coefficient (Wildman–Crippen LogP) is 0.124. The summed E-state index contributed by atoms with van der Waals surface area (Å²) in [5.41, 5.74) is -0.551. The van der Waals surface area contributed by atoms with Crippen molar-refractivity contribution in [1.29, 1.82) is 0 Å². The number of rotatable bonds is 5. The predicted molar refractivity (Wildman–Crippen MR) is 60.6 cm³/mol. The second-order valence-corrected chi connectivity index (χ2v) is 7.21. The highest BCUT2D eigenvalue weighted by Crippen LogP contribution is 2.28. The molecule has 1 rings (SSSR count). The molecule has 15 heavy (non-hydrogen) atoms. The van der Waals surface area contributed by atoms with Crippen LogP contribution in [0.15, 0.2) is 0 Å². The topological polar surface area (TPSA) is 57.6 Å². The van der Waals surface area contributed by atoms with E-state index in [1.807, 2.05) is 13.8 Å². The van der Waals surface area contributed by atoms with Gasteiger partial charge in [-0.3, -0.25) is 4.90 Å². The van der Waals surface area contributed by atoms with Gasteiger partial charge in [0.2, 0.25) is 0 Å². The van der Waals surface area contributed by atoms with Gasteiger partial charge in [-0.15, -0.1) is 0 Å². The molecule has 0 radical (unpaired) electrons. The molecule has 0 aromatic rings. The van der Waals surface area contributed by atoms with Gasteiger partial charge in [-0.2, -0.15) is 0 Å². The second-order valence-electron chi connectivity index (χ2n) is 4.95. The zero-order valence-corrected chi connectivity index (χ0v) is 10.5. The van der Waals surface area contributed by atoms with Crippen LogP contribution in [0.4, 0.5) is 0 Å². The smallest absolute Gasteiger partial charge is 0.147 e. The van der Waals surface area contributed by atoms with Gasteiger partial charge < -0.3 is 5.11 Å².